The second kappa shape index (κ2) is 4.94. The minimum atomic E-state index is -0.283. The van der Waals surface area contributed by atoms with Crippen molar-refractivity contribution >= 4 is 5.78 Å². The van der Waals surface area contributed by atoms with E-state index >= 15 is 0 Å². The van der Waals surface area contributed by atoms with Gasteiger partial charge in [-0.2, -0.15) is 0 Å². The molecule has 0 aliphatic carbocycles. The first-order chi connectivity index (χ1) is 8.13. The number of ether oxygens (including phenoxy) is 1. The van der Waals surface area contributed by atoms with Gasteiger partial charge in [0.05, 0.1) is 19.1 Å². The highest BCUT2D eigenvalue weighted by Crippen LogP contribution is 2.20. The number of rotatable bonds is 3. The van der Waals surface area contributed by atoms with Crippen molar-refractivity contribution < 1.29 is 13.9 Å². The summed E-state index contributed by atoms with van der Waals surface area (Å²) in [5.41, 5.74) is 1.05. The molecule has 1 aliphatic heterocycles. The van der Waals surface area contributed by atoms with Crippen LogP contribution in [0.3, 0.4) is 0 Å². The largest absolute Gasteiger partial charge is 0.379 e. The third-order valence-corrected chi connectivity index (χ3v) is 3.23. The number of carbonyl (C=O) groups excluding carboxylic acids is 1. The molecule has 0 saturated carbocycles. The van der Waals surface area contributed by atoms with E-state index in [0.29, 0.717) is 24.3 Å². The maximum Gasteiger partial charge on any atom is 0.169 e. The van der Waals surface area contributed by atoms with Crippen molar-refractivity contribution in [2.45, 2.75) is 13.0 Å². The quantitative estimate of drug-likeness (QED) is 0.811. The monoisotopic (exact) mass is 237 g/mol. The fourth-order valence-corrected chi connectivity index (χ4v) is 2.11. The molecule has 17 heavy (non-hydrogen) atoms. The molecule has 92 valence electrons. The van der Waals surface area contributed by atoms with Gasteiger partial charge in [-0.05, 0) is 37.7 Å². The van der Waals surface area contributed by atoms with E-state index < -0.39 is 0 Å². The van der Waals surface area contributed by atoms with Crippen LogP contribution in [0.2, 0.25) is 0 Å². The van der Waals surface area contributed by atoms with E-state index in [1.807, 2.05) is 7.05 Å². The van der Waals surface area contributed by atoms with Crippen LogP contribution < -0.4 is 5.32 Å². The van der Waals surface area contributed by atoms with Crippen LogP contribution >= 0.6 is 0 Å². The molecule has 0 amide bonds. The summed E-state index contributed by atoms with van der Waals surface area (Å²) in [6, 6.07) is 4.53. The molecule has 0 radical (unpaired) electrons. The Morgan fingerprint density at radius 2 is 2.24 bits per heavy atom. The van der Waals surface area contributed by atoms with Crippen molar-refractivity contribution in [1.29, 1.82) is 0 Å². The zero-order valence-corrected chi connectivity index (χ0v) is 10.00. The van der Waals surface area contributed by atoms with Crippen molar-refractivity contribution in [3.8, 4) is 0 Å². The Morgan fingerprint density at radius 1 is 1.47 bits per heavy atom. The molecule has 2 rings (SSSR count). The van der Waals surface area contributed by atoms with Gasteiger partial charge in [0.15, 0.2) is 5.78 Å². The Hall–Kier alpha value is -1.26. The SMILES string of the molecule is CNC1COCC1C(=O)c1ccc(F)c(C)c1. The molecular formula is C13H16FNO2. The number of hydrogen-bond acceptors (Lipinski definition) is 3. The first-order valence-corrected chi connectivity index (χ1v) is 5.69. The summed E-state index contributed by atoms with van der Waals surface area (Å²) in [6.07, 6.45) is 0. The van der Waals surface area contributed by atoms with Crippen LogP contribution in [-0.2, 0) is 4.74 Å². The zero-order chi connectivity index (χ0) is 12.4. The van der Waals surface area contributed by atoms with Crippen LogP contribution in [0.25, 0.3) is 0 Å². The van der Waals surface area contributed by atoms with Gasteiger partial charge in [-0.15, -0.1) is 0 Å². The molecule has 0 aromatic heterocycles. The Balaban J connectivity index is 2.21. The van der Waals surface area contributed by atoms with E-state index in [9.17, 15) is 9.18 Å². The fourth-order valence-electron chi connectivity index (χ4n) is 2.11. The highest BCUT2D eigenvalue weighted by atomic mass is 19.1. The molecule has 0 bridgehead atoms. The van der Waals surface area contributed by atoms with Gasteiger partial charge in [-0.1, -0.05) is 0 Å². The Morgan fingerprint density at radius 3 is 2.88 bits per heavy atom. The zero-order valence-electron chi connectivity index (χ0n) is 10.00. The summed E-state index contributed by atoms with van der Waals surface area (Å²) in [6.45, 7) is 2.64. The molecule has 1 N–H and O–H groups in total. The van der Waals surface area contributed by atoms with E-state index in [4.69, 9.17) is 4.74 Å². The molecule has 1 saturated heterocycles. The number of benzene rings is 1. The van der Waals surface area contributed by atoms with E-state index in [0.717, 1.165) is 0 Å². The van der Waals surface area contributed by atoms with Crippen molar-refractivity contribution in [2.24, 2.45) is 5.92 Å². The van der Waals surface area contributed by atoms with E-state index in [2.05, 4.69) is 5.32 Å². The lowest BCUT2D eigenvalue weighted by Crippen LogP contribution is -2.37. The molecule has 1 heterocycles. The number of carbonyl (C=O) groups is 1. The molecule has 1 aliphatic rings. The van der Waals surface area contributed by atoms with Crippen LogP contribution in [0, 0.1) is 18.7 Å². The van der Waals surface area contributed by atoms with Crippen molar-refractivity contribution in [1.82, 2.24) is 5.32 Å². The molecule has 0 spiro atoms. The van der Waals surface area contributed by atoms with Crippen LogP contribution in [0.15, 0.2) is 18.2 Å². The Kier molecular flexibility index (Phi) is 3.54. The van der Waals surface area contributed by atoms with Gasteiger partial charge >= 0.3 is 0 Å². The maximum absolute atomic E-state index is 13.1. The minimum absolute atomic E-state index is 0.0185. The summed E-state index contributed by atoms with van der Waals surface area (Å²) in [5.74, 6) is -0.441. The maximum atomic E-state index is 13.1. The average Bonchev–Trinajstić information content (AvgIpc) is 2.80. The smallest absolute Gasteiger partial charge is 0.169 e. The first kappa shape index (κ1) is 12.2. The number of ketones is 1. The van der Waals surface area contributed by atoms with Crippen molar-refractivity contribution in [2.75, 3.05) is 20.3 Å². The molecule has 3 nitrogen and oxygen atoms in total. The Labute approximate surface area is 100.0 Å². The third-order valence-electron chi connectivity index (χ3n) is 3.23. The minimum Gasteiger partial charge on any atom is -0.379 e. The number of Topliss-reactive ketones (excluding diaryl/α,β-unsaturated/α-hetero) is 1. The van der Waals surface area contributed by atoms with Crippen molar-refractivity contribution in [3.63, 3.8) is 0 Å². The van der Waals surface area contributed by atoms with E-state index in [-0.39, 0.29) is 23.6 Å². The molecule has 2 unspecified atom stereocenters. The van der Waals surface area contributed by atoms with E-state index in [1.165, 1.54) is 12.1 Å². The normalized spacial score (nSPS) is 23.9. The lowest BCUT2D eigenvalue weighted by molar-refractivity contribution is 0.0892. The second-order valence-corrected chi connectivity index (χ2v) is 4.37. The molecule has 1 aromatic rings. The number of hydrogen-bond donors (Lipinski definition) is 1. The number of likely N-dealkylation sites (N-methyl/N-ethyl adjacent to an activating group) is 1. The lowest BCUT2D eigenvalue weighted by atomic mass is 9.92. The van der Waals surface area contributed by atoms with Gasteiger partial charge in [0, 0.05) is 11.6 Å². The summed E-state index contributed by atoms with van der Waals surface area (Å²) < 4.78 is 18.4. The molecule has 4 heteroatoms. The van der Waals surface area contributed by atoms with E-state index in [1.54, 1.807) is 13.0 Å². The predicted octanol–water partition coefficient (Wildman–Crippen LogP) is 1.55. The highest BCUT2D eigenvalue weighted by Gasteiger charge is 2.33. The van der Waals surface area contributed by atoms with Gasteiger partial charge in [0.25, 0.3) is 0 Å². The van der Waals surface area contributed by atoms with Gasteiger partial charge in [-0.25, -0.2) is 4.39 Å². The van der Waals surface area contributed by atoms with Gasteiger partial charge < -0.3 is 10.1 Å². The number of aryl methyl sites for hydroxylation is 1. The first-order valence-electron chi connectivity index (χ1n) is 5.69. The fraction of sp³-hybridized carbons (Fsp3) is 0.462. The second-order valence-electron chi connectivity index (χ2n) is 4.37. The summed E-state index contributed by atoms with van der Waals surface area (Å²) in [5, 5.41) is 3.07. The molecule has 1 fully saturated rings. The third kappa shape index (κ3) is 2.37. The van der Waals surface area contributed by atoms with Crippen LogP contribution in [0.4, 0.5) is 4.39 Å². The van der Waals surface area contributed by atoms with Gasteiger partial charge in [-0.3, -0.25) is 4.79 Å². The topological polar surface area (TPSA) is 38.3 Å². The van der Waals surface area contributed by atoms with Crippen molar-refractivity contribution in [3.05, 3.63) is 35.1 Å². The van der Waals surface area contributed by atoms with Crippen LogP contribution in [-0.4, -0.2) is 32.1 Å². The lowest BCUT2D eigenvalue weighted by Gasteiger charge is -2.15. The highest BCUT2D eigenvalue weighted by molar-refractivity contribution is 5.98. The summed E-state index contributed by atoms with van der Waals surface area (Å²) >= 11 is 0. The van der Waals surface area contributed by atoms with Crippen LogP contribution in [0.1, 0.15) is 15.9 Å². The van der Waals surface area contributed by atoms with Gasteiger partial charge in [0.2, 0.25) is 0 Å². The molecule has 2 atom stereocenters. The predicted molar refractivity (Wildman–Crippen MR) is 62.6 cm³/mol. The molecule has 1 aromatic carbocycles. The summed E-state index contributed by atoms with van der Waals surface area (Å²) in [7, 11) is 1.82. The number of halogens is 1. The summed E-state index contributed by atoms with van der Waals surface area (Å²) in [4.78, 5) is 12.2. The van der Waals surface area contributed by atoms with Gasteiger partial charge in [0.1, 0.15) is 5.82 Å². The Bertz CT molecular complexity index is 433. The van der Waals surface area contributed by atoms with Crippen LogP contribution in [0.5, 0.6) is 0 Å². The number of nitrogens with one attached hydrogen (secondary N) is 1. The standard InChI is InChI=1S/C13H16FNO2/c1-8-5-9(3-4-11(8)14)13(16)10-6-17-7-12(10)15-2/h3-5,10,12,15H,6-7H2,1-2H3. The average molecular weight is 237 g/mol. The molecular weight excluding hydrogens is 221 g/mol.